The van der Waals surface area contributed by atoms with Crippen LogP contribution in [0.4, 0.5) is 4.39 Å². The number of hydrogen-bond donors (Lipinski definition) is 4. The molecule has 0 aromatic heterocycles. The minimum absolute atomic E-state index is 0.291. The third-order valence-electron chi connectivity index (χ3n) is 6.13. The topological polar surface area (TPSA) is 90.2 Å². The lowest BCUT2D eigenvalue weighted by Crippen LogP contribution is -2.58. The molecule has 1 spiro atoms. The zero-order chi connectivity index (χ0) is 21.5. The van der Waals surface area contributed by atoms with Gasteiger partial charge in [-0.15, -0.1) is 11.8 Å². The molecular weight excluding hydrogens is 407 g/mol. The Morgan fingerprint density at radius 2 is 1.80 bits per heavy atom. The van der Waals surface area contributed by atoms with Crippen LogP contribution in [0.1, 0.15) is 33.4 Å². The minimum atomic E-state index is -1.41. The number of halogens is 1. The summed E-state index contributed by atoms with van der Waals surface area (Å²) in [5.74, 6) is 0. The summed E-state index contributed by atoms with van der Waals surface area (Å²) >= 11 is 1.16. The van der Waals surface area contributed by atoms with Crippen LogP contribution in [-0.2, 0) is 29.1 Å². The van der Waals surface area contributed by atoms with Crippen LogP contribution in [0, 0.1) is 6.92 Å². The van der Waals surface area contributed by atoms with Crippen molar-refractivity contribution in [3.05, 3.63) is 69.8 Å². The number of aliphatic hydroxyl groups is 4. The lowest BCUT2D eigenvalue weighted by molar-refractivity contribution is -0.147. The molecular formula is C23H27FO5S. The first-order valence-corrected chi connectivity index (χ1v) is 11.0. The molecule has 5 atom stereocenters. The highest BCUT2D eigenvalue weighted by molar-refractivity contribution is 8.00. The van der Waals surface area contributed by atoms with Gasteiger partial charge < -0.3 is 25.2 Å². The Balaban J connectivity index is 1.67. The molecule has 7 heteroatoms. The molecule has 2 aromatic rings. The molecule has 0 amide bonds. The monoisotopic (exact) mass is 434 g/mol. The first-order valence-electron chi connectivity index (χ1n) is 10.1. The van der Waals surface area contributed by atoms with Gasteiger partial charge in [-0.2, -0.15) is 0 Å². The molecule has 30 heavy (non-hydrogen) atoms. The number of ether oxygens (including phenoxy) is 1. The molecule has 0 radical (unpaired) electrons. The van der Waals surface area contributed by atoms with E-state index in [1.807, 2.05) is 43.3 Å². The summed E-state index contributed by atoms with van der Waals surface area (Å²) in [7, 11) is 0. The summed E-state index contributed by atoms with van der Waals surface area (Å²) in [5.41, 5.74) is 5.92. The van der Waals surface area contributed by atoms with Gasteiger partial charge >= 0.3 is 0 Å². The Labute approximate surface area is 179 Å². The first-order chi connectivity index (χ1) is 14.4. The van der Waals surface area contributed by atoms with Crippen LogP contribution < -0.4 is 0 Å². The van der Waals surface area contributed by atoms with E-state index in [0.717, 1.165) is 45.1 Å². The second kappa shape index (κ2) is 8.57. The molecule has 0 saturated carbocycles. The third-order valence-corrected chi connectivity index (χ3v) is 7.79. The fourth-order valence-electron chi connectivity index (χ4n) is 4.35. The van der Waals surface area contributed by atoms with E-state index in [4.69, 9.17) is 4.74 Å². The molecule has 4 rings (SSSR count). The van der Waals surface area contributed by atoms with Gasteiger partial charge in [-0.1, -0.05) is 36.4 Å². The maximum Gasteiger partial charge on any atom is 0.168 e. The molecule has 2 aromatic carbocycles. The summed E-state index contributed by atoms with van der Waals surface area (Å²) in [5, 5.41) is 40.4. The van der Waals surface area contributed by atoms with Crippen molar-refractivity contribution in [2.45, 2.75) is 54.9 Å². The van der Waals surface area contributed by atoms with Crippen molar-refractivity contribution >= 4 is 11.8 Å². The molecule has 162 valence electrons. The summed E-state index contributed by atoms with van der Waals surface area (Å²) in [6.45, 7) is 1.61. The van der Waals surface area contributed by atoms with E-state index in [1.54, 1.807) is 0 Å². The number of aryl methyl sites for hydroxylation is 2. The van der Waals surface area contributed by atoms with Gasteiger partial charge in [-0.25, -0.2) is 0 Å². The molecule has 2 aliphatic heterocycles. The lowest BCUT2D eigenvalue weighted by Gasteiger charge is -2.45. The van der Waals surface area contributed by atoms with Gasteiger partial charge in [-0.3, -0.25) is 4.39 Å². The number of hydrogen-bond acceptors (Lipinski definition) is 6. The standard InChI is InChI=1S/C23H27FO5S/c1-13-8-17-12-29-23(22(28)21(27)20(26)19(11-25)30-23)18(17)10-16(13)9-15-4-2-14(3-5-15)6-7-24/h2-5,8,10,19-22,25-28H,6-7,9,11-12H2,1H3/t19-,20-,21+,22-,23+/m1/s1. The summed E-state index contributed by atoms with van der Waals surface area (Å²) in [6, 6.07) is 11.9. The summed E-state index contributed by atoms with van der Waals surface area (Å²) in [4.78, 5) is -1.23. The number of fused-ring (bicyclic) bond motifs is 2. The molecule has 0 bridgehead atoms. The van der Waals surface area contributed by atoms with E-state index in [2.05, 4.69) is 0 Å². The highest BCUT2D eigenvalue weighted by Gasteiger charge is 2.57. The van der Waals surface area contributed by atoms with Crippen LogP contribution in [0.5, 0.6) is 0 Å². The molecule has 0 unspecified atom stereocenters. The van der Waals surface area contributed by atoms with Gasteiger partial charge in [0, 0.05) is 12.0 Å². The van der Waals surface area contributed by atoms with E-state index < -0.39 is 28.5 Å². The Bertz CT molecular complexity index is 903. The second-order valence-electron chi connectivity index (χ2n) is 8.09. The Morgan fingerprint density at radius 1 is 1.10 bits per heavy atom. The molecule has 1 fully saturated rings. The molecule has 2 heterocycles. The SMILES string of the molecule is Cc1cc2c(cc1Cc1ccc(CCF)cc1)[C@]1(OC2)S[C@H](CO)[C@@H](O)[C@H](O)[C@H]1O. The van der Waals surface area contributed by atoms with Crippen molar-refractivity contribution in [2.75, 3.05) is 13.3 Å². The van der Waals surface area contributed by atoms with Gasteiger partial charge in [0.15, 0.2) is 4.93 Å². The first kappa shape index (κ1) is 21.7. The maximum absolute atomic E-state index is 12.5. The Morgan fingerprint density at radius 3 is 2.47 bits per heavy atom. The maximum atomic E-state index is 12.5. The zero-order valence-corrected chi connectivity index (χ0v) is 17.6. The van der Waals surface area contributed by atoms with Crippen LogP contribution in [0.15, 0.2) is 36.4 Å². The van der Waals surface area contributed by atoms with Gasteiger partial charge in [-0.05, 0) is 41.2 Å². The van der Waals surface area contributed by atoms with Crippen molar-refractivity contribution in [1.29, 1.82) is 0 Å². The van der Waals surface area contributed by atoms with Gasteiger partial charge in [0.05, 0.1) is 31.2 Å². The molecule has 0 aliphatic carbocycles. The molecule has 5 nitrogen and oxygen atoms in total. The number of alkyl halides is 1. The second-order valence-corrected chi connectivity index (χ2v) is 9.54. The largest absolute Gasteiger partial charge is 0.395 e. The van der Waals surface area contributed by atoms with E-state index in [9.17, 15) is 24.8 Å². The van der Waals surface area contributed by atoms with Gasteiger partial charge in [0.1, 0.15) is 12.2 Å². The third kappa shape index (κ3) is 3.68. The highest BCUT2D eigenvalue weighted by atomic mass is 32.2. The van der Waals surface area contributed by atoms with Crippen LogP contribution in [0.3, 0.4) is 0 Å². The van der Waals surface area contributed by atoms with E-state index in [-0.39, 0.29) is 13.3 Å². The van der Waals surface area contributed by atoms with E-state index in [1.165, 1.54) is 0 Å². The summed E-state index contributed by atoms with van der Waals surface area (Å²) in [6.07, 6.45) is -2.89. The van der Waals surface area contributed by atoms with Crippen molar-refractivity contribution < 1.29 is 29.6 Å². The summed E-state index contributed by atoms with van der Waals surface area (Å²) < 4.78 is 18.5. The van der Waals surface area contributed by atoms with Gasteiger partial charge in [0.25, 0.3) is 0 Å². The predicted octanol–water partition coefficient (Wildman–Crippen LogP) is 1.97. The lowest BCUT2D eigenvalue weighted by atomic mass is 9.89. The number of benzene rings is 2. The van der Waals surface area contributed by atoms with Crippen LogP contribution >= 0.6 is 11.8 Å². The van der Waals surface area contributed by atoms with Crippen molar-refractivity contribution in [3.63, 3.8) is 0 Å². The van der Waals surface area contributed by atoms with Crippen molar-refractivity contribution in [2.24, 2.45) is 0 Å². The fraction of sp³-hybridized carbons (Fsp3) is 0.478. The minimum Gasteiger partial charge on any atom is -0.395 e. The van der Waals surface area contributed by atoms with E-state index in [0.29, 0.717) is 19.4 Å². The van der Waals surface area contributed by atoms with E-state index >= 15 is 0 Å². The normalized spacial score (nSPS) is 30.6. The smallest absolute Gasteiger partial charge is 0.168 e. The van der Waals surface area contributed by atoms with Crippen LogP contribution in [0.25, 0.3) is 0 Å². The number of thioether (sulfide) groups is 1. The average Bonchev–Trinajstić information content (AvgIpc) is 3.09. The van der Waals surface area contributed by atoms with Crippen LogP contribution in [-0.4, -0.2) is 57.3 Å². The Hall–Kier alpha value is -1.48. The van der Waals surface area contributed by atoms with Gasteiger partial charge in [0.2, 0.25) is 0 Å². The molecule has 4 N–H and O–H groups in total. The predicted molar refractivity (Wildman–Crippen MR) is 113 cm³/mol. The van der Waals surface area contributed by atoms with Crippen molar-refractivity contribution in [1.82, 2.24) is 0 Å². The number of aliphatic hydroxyl groups excluding tert-OH is 4. The average molecular weight is 435 g/mol. The molecule has 1 saturated heterocycles. The Kier molecular flexibility index (Phi) is 6.21. The quantitative estimate of drug-likeness (QED) is 0.575. The fourth-order valence-corrected chi connectivity index (χ4v) is 5.89. The zero-order valence-electron chi connectivity index (χ0n) is 16.8. The van der Waals surface area contributed by atoms with Crippen molar-refractivity contribution in [3.8, 4) is 0 Å². The number of rotatable bonds is 5. The molecule has 2 aliphatic rings. The van der Waals surface area contributed by atoms with Crippen LogP contribution in [0.2, 0.25) is 0 Å². The highest BCUT2D eigenvalue weighted by Crippen LogP contribution is 2.54.